The van der Waals surface area contributed by atoms with Gasteiger partial charge in [-0.15, -0.1) is 0 Å². The summed E-state index contributed by atoms with van der Waals surface area (Å²) in [5.41, 5.74) is 2.15. The molecule has 1 aliphatic rings. The van der Waals surface area contributed by atoms with Crippen LogP contribution in [-0.2, 0) is 11.3 Å². The van der Waals surface area contributed by atoms with Gasteiger partial charge in [-0.1, -0.05) is 6.07 Å². The van der Waals surface area contributed by atoms with Crippen molar-refractivity contribution in [2.45, 2.75) is 19.4 Å². The number of carbonyl (C=O) groups is 1. The highest BCUT2D eigenvalue weighted by Gasteiger charge is 2.49. The first-order chi connectivity index (χ1) is 8.70. The Morgan fingerprint density at radius 1 is 1.50 bits per heavy atom. The SMILES string of the molecule is O=C(O)C1(CNCc2ccc3ncoc3c2)CC1. The number of rotatable bonds is 5. The molecule has 0 unspecified atom stereocenters. The minimum atomic E-state index is -0.694. The van der Waals surface area contributed by atoms with Gasteiger partial charge in [-0.05, 0) is 30.5 Å². The van der Waals surface area contributed by atoms with Crippen LogP contribution in [0, 0.1) is 5.41 Å². The first kappa shape index (κ1) is 11.2. The molecule has 94 valence electrons. The van der Waals surface area contributed by atoms with Crippen LogP contribution < -0.4 is 5.32 Å². The molecule has 18 heavy (non-hydrogen) atoms. The third kappa shape index (κ3) is 1.97. The second kappa shape index (κ2) is 4.10. The fourth-order valence-corrected chi connectivity index (χ4v) is 2.07. The highest BCUT2D eigenvalue weighted by Crippen LogP contribution is 2.45. The molecule has 5 nitrogen and oxygen atoms in total. The predicted octanol–water partition coefficient (Wildman–Crippen LogP) is 1.78. The van der Waals surface area contributed by atoms with Gasteiger partial charge in [0.2, 0.25) is 0 Å². The number of carboxylic acids is 1. The zero-order chi connectivity index (χ0) is 12.6. The van der Waals surface area contributed by atoms with E-state index in [1.54, 1.807) is 0 Å². The largest absolute Gasteiger partial charge is 0.481 e. The molecule has 0 saturated heterocycles. The van der Waals surface area contributed by atoms with Gasteiger partial charge in [-0.3, -0.25) is 4.79 Å². The third-order valence-corrected chi connectivity index (χ3v) is 3.50. The molecule has 5 heteroatoms. The Hall–Kier alpha value is -1.88. The minimum Gasteiger partial charge on any atom is -0.481 e. The summed E-state index contributed by atoms with van der Waals surface area (Å²) in [6.07, 6.45) is 2.97. The van der Waals surface area contributed by atoms with Crippen LogP contribution in [0.25, 0.3) is 11.1 Å². The Kier molecular flexibility index (Phi) is 2.56. The van der Waals surface area contributed by atoms with Gasteiger partial charge in [0.15, 0.2) is 12.0 Å². The summed E-state index contributed by atoms with van der Waals surface area (Å²) in [5.74, 6) is -0.694. The van der Waals surface area contributed by atoms with Crippen molar-refractivity contribution in [3.63, 3.8) is 0 Å². The Morgan fingerprint density at radius 2 is 2.33 bits per heavy atom. The number of aliphatic carboxylic acids is 1. The topological polar surface area (TPSA) is 75.4 Å². The van der Waals surface area contributed by atoms with Crippen molar-refractivity contribution in [2.75, 3.05) is 6.54 Å². The van der Waals surface area contributed by atoms with Crippen molar-refractivity contribution < 1.29 is 14.3 Å². The molecule has 1 aliphatic carbocycles. The van der Waals surface area contributed by atoms with E-state index in [0.717, 1.165) is 29.5 Å². The lowest BCUT2D eigenvalue weighted by Gasteiger charge is -2.10. The molecule has 0 amide bonds. The van der Waals surface area contributed by atoms with E-state index in [2.05, 4.69) is 10.3 Å². The molecule has 3 rings (SSSR count). The molecule has 0 radical (unpaired) electrons. The molecular formula is C13H14N2O3. The summed E-state index contributed by atoms with van der Waals surface area (Å²) < 4.78 is 5.22. The highest BCUT2D eigenvalue weighted by molar-refractivity contribution is 5.78. The fraction of sp³-hybridized carbons (Fsp3) is 0.385. The first-order valence-electron chi connectivity index (χ1n) is 5.96. The van der Waals surface area contributed by atoms with Crippen LogP contribution in [0.15, 0.2) is 29.0 Å². The van der Waals surface area contributed by atoms with Crippen molar-refractivity contribution in [1.82, 2.24) is 10.3 Å². The van der Waals surface area contributed by atoms with Crippen LogP contribution in [0.4, 0.5) is 0 Å². The van der Waals surface area contributed by atoms with Crippen LogP contribution in [0.3, 0.4) is 0 Å². The zero-order valence-corrected chi connectivity index (χ0v) is 9.85. The van der Waals surface area contributed by atoms with E-state index in [9.17, 15) is 4.79 Å². The zero-order valence-electron chi connectivity index (χ0n) is 9.85. The molecule has 1 aromatic carbocycles. The standard InChI is InChI=1S/C13H14N2O3/c16-12(17)13(3-4-13)7-14-6-9-1-2-10-11(5-9)18-8-15-10/h1-2,5,8,14H,3-4,6-7H2,(H,16,17). The van der Waals surface area contributed by atoms with Gasteiger partial charge in [0.25, 0.3) is 0 Å². The fourth-order valence-electron chi connectivity index (χ4n) is 2.07. The van der Waals surface area contributed by atoms with Crippen molar-refractivity contribution in [2.24, 2.45) is 5.41 Å². The summed E-state index contributed by atoms with van der Waals surface area (Å²) in [4.78, 5) is 15.1. The van der Waals surface area contributed by atoms with Crippen molar-refractivity contribution in [1.29, 1.82) is 0 Å². The van der Waals surface area contributed by atoms with E-state index in [1.807, 2.05) is 18.2 Å². The molecule has 1 aromatic heterocycles. The normalized spacial score (nSPS) is 16.9. The van der Waals surface area contributed by atoms with Gasteiger partial charge < -0.3 is 14.8 Å². The lowest BCUT2D eigenvalue weighted by atomic mass is 10.1. The van der Waals surface area contributed by atoms with E-state index in [0.29, 0.717) is 13.1 Å². The molecule has 1 saturated carbocycles. The van der Waals surface area contributed by atoms with E-state index in [4.69, 9.17) is 9.52 Å². The molecule has 2 aromatic rings. The van der Waals surface area contributed by atoms with E-state index < -0.39 is 11.4 Å². The summed E-state index contributed by atoms with van der Waals surface area (Å²) in [7, 11) is 0. The molecule has 0 aliphatic heterocycles. The maximum Gasteiger partial charge on any atom is 0.310 e. The summed E-state index contributed by atoms with van der Waals surface area (Å²) in [5, 5.41) is 12.3. The Morgan fingerprint density at radius 3 is 3.06 bits per heavy atom. The number of fused-ring (bicyclic) bond motifs is 1. The van der Waals surface area contributed by atoms with Gasteiger partial charge >= 0.3 is 5.97 Å². The molecule has 0 spiro atoms. The first-order valence-corrected chi connectivity index (χ1v) is 5.96. The van der Waals surface area contributed by atoms with Crippen molar-refractivity contribution >= 4 is 17.1 Å². The second-order valence-corrected chi connectivity index (χ2v) is 4.84. The number of carboxylic acid groups (broad SMARTS) is 1. The Balaban J connectivity index is 1.61. The smallest absolute Gasteiger partial charge is 0.310 e. The summed E-state index contributed by atoms with van der Waals surface area (Å²) >= 11 is 0. The molecule has 0 bridgehead atoms. The lowest BCUT2D eigenvalue weighted by Crippen LogP contribution is -2.29. The average Bonchev–Trinajstić information content (AvgIpc) is 3.00. The van der Waals surface area contributed by atoms with Gasteiger partial charge in [-0.2, -0.15) is 0 Å². The van der Waals surface area contributed by atoms with Gasteiger partial charge in [0.05, 0.1) is 5.41 Å². The van der Waals surface area contributed by atoms with Crippen LogP contribution in [0.2, 0.25) is 0 Å². The predicted molar refractivity (Wildman–Crippen MR) is 65.0 cm³/mol. The number of benzene rings is 1. The molecule has 2 N–H and O–H groups in total. The maximum absolute atomic E-state index is 11.0. The van der Waals surface area contributed by atoms with Crippen molar-refractivity contribution in [3.05, 3.63) is 30.2 Å². The van der Waals surface area contributed by atoms with Crippen LogP contribution in [0.5, 0.6) is 0 Å². The highest BCUT2D eigenvalue weighted by atomic mass is 16.4. The molecule has 1 heterocycles. The van der Waals surface area contributed by atoms with Crippen molar-refractivity contribution in [3.8, 4) is 0 Å². The number of hydrogen-bond acceptors (Lipinski definition) is 4. The number of aromatic nitrogens is 1. The quantitative estimate of drug-likeness (QED) is 0.841. The number of oxazole rings is 1. The second-order valence-electron chi connectivity index (χ2n) is 4.84. The number of nitrogens with zero attached hydrogens (tertiary/aromatic N) is 1. The summed E-state index contributed by atoms with van der Waals surface area (Å²) in [6, 6.07) is 5.80. The minimum absolute atomic E-state index is 0.518. The monoisotopic (exact) mass is 246 g/mol. The van der Waals surface area contributed by atoms with Crippen LogP contribution in [0.1, 0.15) is 18.4 Å². The van der Waals surface area contributed by atoms with E-state index in [-0.39, 0.29) is 0 Å². The van der Waals surface area contributed by atoms with E-state index >= 15 is 0 Å². The van der Waals surface area contributed by atoms with Gasteiger partial charge in [0.1, 0.15) is 5.52 Å². The molecule has 0 atom stereocenters. The maximum atomic E-state index is 11.0. The molecule has 1 fully saturated rings. The average molecular weight is 246 g/mol. The van der Waals surface area contributed by atoms with E-state index in [1.165, 1.54) is 6.39 Å². The van der Waals surface area contributed by atoms with Gasteiger partial charge in [-0.25, -0.2) is 4.98 Å². The third-order valence-electron chi connectivity index (χ3n) is 3.50. The Labute approximate surface area is 104 Å². The van der Waals surface area contributed by atoms with Crippen LogP contribution in [-0.4, -0.2) is 22.6 Å². The Bertz CT molecular complexity index is 587. The number of hydrogen-bond donors (Lipinski definition) is 2. The molecular weight excluding hydrogens is 232 g/mol. The van der Waals surface area contributed by atoms with Gasteiger partial charge in [0, 0.05) is 13.1 Å². The summed E-state index contributed by atoms with van der Waals surface area (Å²) in [6.45, 7) is 1.17. The van der Waals surface area contributed by atoms with Crippen LogP contribution >= 0.6 is 0 Å². The number of nitrogens with one attached hydrogen (secondary N) is 1. The lowest BCUT2D eigenvalue weighted by molar-refractivity contribution is -0.143.